The molecule has 8 heteroatoms. The number of hydrogen-bond acceptors (Lipinski definition) is 4. The Labute approximate surface area is 146 Å². The van der Waals surface area contributed by atoms with E-state index in [0.29, 0.717) is 24.0 Å². The molecule has 1 unspecified atom stereocenters. The molecule has 0 aliphatic carbocycles. The molecule has 0 fully saturated rings. The van der Waals surface area contributed by atoms with E-state index in [9.17, 15) is 4.79 Å². The Balaban J connectivity index is 1.68. The number of H-pyrrole nitrogens is 1. The summed E-state index contributed by atoms with van der Waals surface area (Å²) >= 11 is 5.82. The van der Waals surface area contributed by atoms with E-state index in [1.54, 1.807) is 24.1 Å². The highest BCUT2D eigenvalue weighted by Crippen LogP contribution is 2.15. The maximum absolute atomic E-state index is 12.1. The van der Waals surface area contributed by atoms with E-state index in [2.05, 4.69) is 20.5 Å². The Kier molecular flexibility index (Phi) is 6.43. The molecule has 1 atom stereocenters. The monoisotopic (exact) mass is 351 g/mol. The molecule has 24 heavy (non-hydrogen) atoms. The molecule has 1 heterocycles. The lowest BCUT2D eigenvalue weighted by atomic mass is 10.3. The summed E-state index contributed by atoms with van der Waals surface area (Å²) < 4.78 is 5.60. The van der Waals surface area contributed by atoms with Crippen LogP contribution < -0.4 is 10.1 Å². The third-order valence-corrected chi connectivity index (χ3v) is 3.66. The zero-order valence-corrected chi connectivity index (χ0v) is 14.8. The number of carbonyl (C=O) groups excluding carboxylic acids is 1. The van der Waals surface area contributed by atoms with E-state index < -0.39 is 0 Å². The third-order valence-electron chi connectivity index (χ3n) is 3.41. The van der Waals surface area contributed by atoms with Gasteiger partial charge in [-0.15, -0.1) is 0 Å². The van der Waals surface area contributed by atoms with Gasteiger partial charge in [-0.1, -0.05) is 11.6 Å². The molecule has 2 rings (SSSR count). The second-order valence-corrected chi connectivity index (χ2v) is 5.96. The van der Waals surface area contributed by atoms with Gasteiger partial charge < -0.3 is 15.0 Å². The molecular formula is C16H22ClN5O2. The molecule has 0 saturated heterocycles. The lowest BCUT2D eigenvalue weighted by Crippen LogP contribution is -2.39. The van der Waals surface area contributed by atoms with Gasteiger partial charge >= 0.3 is 6.03 Å². The van der Waals surface area contributed by atoms with E-state index in [1.165, 1.54) is 0 Å². The van der Waals surface area contributed by atoms with E-state index in [0.717, 1.165) is 18.0 Å². The number of aryl methyl sites for hydroxylation is 1. The zero-order chi connectivity index (χ0) is 17.5. The molecule has 0 aliphatic heterocycles. The van der Waals surface area contributed by atoms with Crippen LogP contribution in [-0.2, 0) is 0 Å². The smallest absolute Gasteiger partial charge is 0.317 e. The molecule has 2 amide bonds. The van der Waals surface area contributed by atoms with Crippen molar-refractivity contribution in [3.63, 3.8) is 0 Å². The fourth-order valence-electron chi connectivity index (χ4n) is 2.04. The van der Waals surface area contributed by atoms with Gasteiger partial charge in [0.15, 0.2) is 5.82 Å². The standard InChI is InChI=1S/C16H22ClN5O2/c1-11(15-19-12(2)20-21-15)18-16(23)22(3)9-4-10-24-14-7-5-13(17)6-8-14/h5-8,11H,4,9-10H2,1-3H3,(H,18,23)(H,19,20,21). The van der Waals surface area contributed by atoms with Gasteiger partial charge in [-0.2, -0.15) is 5.10 Å². The minimum Gasteiger partial charge on any atom is -0.494 e. The number of ether oxygens (including phenoxy) is 1. The van der Waals surface area contributed by atoms with Crippen LogP contribution in [0.1, 0.15) is 31.0 Å². The fraction of sp³-hybridized carbons (Fsp3) is 0.438. The first kappa shape index (κ1) is 18.1. The highest BCUT2D eigenvalue weighted by Gasteiger charge is 2.16. The maximum atomic E-state index is 12.1. The van der Waals surface area contributed by atoms with Crippen LogP contribution in [0, 0.1) is 6.92 Å². The molecule has 0 saturated carbocycles. The van der Waals surface area contributed by atoms with Crippen LogP contribution in [0.4, 0.5) is 4.79 Å². The van der Waals surface area contributed by atoms with Crippen LogP contribution >= 0.6 is 11.6 Å². The van der Waals surface area contributed by atoms with E-state index >= 15 is 0 Å². The van der Waals surface area contributed by atoms with E-state index in [1.807, 2.05) is 26.0 Å². The highest BCUT2D eigenvalue weighted by molar-refractivity contribution is 6.30. The summed E-state index contributed by atoms with van der Waals surface area (Å²) in [6.07, 6.45) is 0.723. The second-order valence-electron chi connectivity index (χ2n) is 5.53. The minimum absolute atomic E-state index is 0.170. The van der Waals surface area contributed by atoms with Crippen molar-refractivity contribution in [2.45, 2.75) is 26.3 Å². The number of nitrogens with zero attached hydrogens (tertiary/aromatic N) is 3. The average Bonchev–Trinajstić information content (AvgIpc) is 2.99. The van der Waals surface area contributed by atoms with Gasteiger partial charge in [-0.05, 0) is 44.5 Å². The molecule has 7 nitrogen and oxygen atoms in total. The van der Waals surface area contributed by atoms with Crippen molar-refractivity contribution in [2.75, 3.05) is 20.2 Å². The van der Waals surface area contributed by atoms with Crippen LogP contribution in [0.2, 0.25) is 5.02 Å². The Morgan fingerprint density at radius 3 is 2.75 bits per heavy atom. The number of benzene rings is 1. The van der Waals surface area contributed by atoms with Gasteiger partial charge in [0.05, 0.1) is 12.6 Å². The van der Waals surface area contributed by atoms with E-state index in [4.69, 9.17) is 16.3 Å². The molecule has 130 valence electrons. The first-order valence-corrected chi connectivity index (χ1v) is 8.12. The van der Waals surface area contributed by atoms with Gasteiger partial charge in [0.2, 0.25) is 0 Å². The van der Waals surface area contributed by atoms with Crippen LogP contribution in [0.15, 0.2) is 24.3 Å². The van der Waals surface area contributed by atoms with Crippen LogP contribution in [-0.4, -0.2) is 46.3 Å². The molecule has 0 bridgehead atoms. The van der Waals surface area contributed by atoms with Crippen LogP contribution in [0.25, 0.3) is 0 Å². The van der Waals surface area contributed by atoms with Gasteiger partial charge in [0.1, 0.15) is 11.6 Å². The SMILES string of the molecule is Cc1nc(C(C)NC(=O)N(C)CCCOc2ccc(Cl)cc2)n[nH]1. The first-order chi connectivity index (χ1) is 11.5. The van der Waals surface area contributed by atoms with Gasteiger partial charge in [-0.25, -0.2) is 9.78 Å². The molecule has 0 radical (unpaired) electrons. The molecule has 1 aromatic heterocycles. The van der Waals surface area contributed by atoms with Crippen molar-refractivity contribution < 1.29 is 9.53 Å². The summed E-state index contributed by atoms with van der Waals surface area (Å²) in [7, 11) is 1.74. The number of carbonyl (C=O) groups is 1. The summed E-state index contributed by atoms with van der Waals surface area (Å²) in [4.78, 5) is 17.9. The minimum atomic E-state index is -0.254. The summed E-state index contributed by atoms with van der Waals surface area (Å²) in [5.74, 6) is 2.05. The number of halogens is 1. The van der Waals surface area contributed by atoms with Gasteiger partial charge in [0.25, 0.3) is 0 Å². The summed E-state index contributed by atoms with van der Waals surface area (Å²) in [6.45, 7) is 4.77. The molecule has 1 aromatic carbocycles. The number of nitrogens with one attached hydrogen (secondary N) is 2. The zero-order valence-electron chi connectivity index (χ0n) is 14.0. The van der Waals surface area contributed by atoms with Crippen molar-refractivity contribution >= 4 is 17.6 Å². The fourth-order valence-corrected chi connectivity index (χ4v) is 2.16. The predicted molar refractivity (Wildman–Crippen MR) is 92.3 cm³/mol. The topological polar surface area (TPSA) is 83.1 Å². The van der Waals surface area contributed by atoms with Crippen molar-refractivity contribution in [3.8, 4) is 5.75 Å². The predicted octanol–water partition coefficient (Wildman–Crippen LogP) is 2.94. The molecular weight excluding hydrogens is 330 g/mol. The lowest BCUT2D eigenvalue weighted by Gasteiger charge is -2.20. The van der Waals surface area contributed by atoms with Crippen LogP contribution in [0.3, 0.4) is 0 Å². The first-order valence-electron chi connectivity index (χ1n) is 7.74. The van der Waals surface area contributed by atoms with Crippen molar-refractivity contribution in [1.82, 2.24) is 25.4 Å². The molecule has 2 N–H and O–H groups in total. The van der Waals surface area contributed by atoms with Crippen molar-refractivity contribution in [3.05, 3.63) is 40.9 Å². The third kappa shape index (κ3) is 5.42. The maximum Gasteiger partial charge on any atom is 0.317 e. The van der Waals surface area contributed by atoms with Crippen molar-refractivity contribution in [1.29, 1.82) is 0 Å². The van der Waals surface area contributed by atoms with E-state index in [-0.39, 0.29) is 12.1 Å². The number of aromatic nitrogens is 3. The summed E-state index contributed by atoms with van der Waals surface area (Å²) in [5.41, 5.74) is 0. The number of amides is 2. The molecule has 0 spiro atoms. The van der Waals surface area contributed by atoms with Gasteiger partial charge in [-0.3, -0.25) is 5.10 Å². The normalized spacial score (nSPS) is 11.8. The Hall–Kier alpha value is -2.28. The number of rotatable bonds is 7. The molecule has 2 aromatic rings. The Morgan fingerprint density at radius 1 is 1.42 bits per heavy atom. The Bertz CT molecular complexity index is 659. The second kappa shape index (κ2) is 8.54. The largest absolute Gasteiger partial charge is 0.494 e. The highest BCUT2D eigenvalue weighted by atomic mass is 35.5. The van der Waals surface area contributed by atoms with Crippen molar-refractivity contribution in [2.24, 2.45) is 0 Å². The number of aromatic amines is 1. The average molecular weight is 352 g/mol. The lowest BCUT2D eigenvalue weighted by molar-refractivity contribution is 0.200. The quantitative estimate of drug-likeness (QED) is 0.751. The Morgan fingerprint density at radius 2 is 2.12 bits per heavy atom. The summed E-state index contributed by atoms with van der Waals surface area (Å²) in [6, 6.07) is 6.77. The van der Waals surface area contributed by atoms with Gasteiger partial charge in [0, 0.05) is 18.6 Å². The van der Waals surface area contributed by atoms with Crippen LogP contribution in [0.5, 0.6) is 5.75 Å². The summed E-state index contributed by atoms with van der Waals surface area (Å²) in [5, 5.41) is 10.3. The number of hydrogen-bond donors (Lipinski definition) is 2. The molecule has 0 aliphatic rings. The number of urea groups is 1.